The van der Waals surface area contributed by atoms with Crippen molar-refractivity contribution in [2.75, 3.05) is 24.4 Å². The second-order valence-electron chi connectivity index (χ2n) is 5.41. The van der Waals surface area contributed by atoms with Crippen molar-refractivity contribution in [3.05, 3.63) is 24.3 Å². The van der Waals surface area contributed by atoms with E-state index in [0.29, 0.717) is 12.3 Å². The second kappa shape index (κ2) is 7.44. The van der Waals surface area contributed by atoms with Gasteiger partial charge in [-0.1, -0.05) is 11.8 Å². The zero-order chi connectivity index (χ0) is 17.9. The van der Waals surface area contributed by atoms with Gasteiger partial charge in [0.2, 0.25) is 5.89 Å². The number of nitrogens with zero attached hydrogens (tertiary/aromatic N) is 2. The number of esters is 1. The van der Waals surface area contributed by atoms with Crippen molar-refractivity contribution in [1.82, 2.24) is 10.2 Å². The van der Waals surface area contributed by atoms with Gasteiger partial charge in [0.1, 0.15) is 17.6 Å². The number of thioether (sulfide) groups is 1. The molecule has 0 radical (unpaired) electrons. The van der Waals surface area contributed by atoms with Crippen molar-refractivity contribution in [3.8, 4) is 17.2 Å². The zero-order valence-corrected chi connectivity index (χ0v) is 15.0. The van der Waals surface area contributed by atoms with E-state index in [0.717, 1.165) is 23.1 Å². The fourth-order valence-electron chi connectivity index (χ4n) is 2.31. The van der Waals surface area contributed by atoms with Gasteiger partial charge in [0.05, 0.1) is 18.6 Å². The Morgan fingerprint density at radius 2 is 2.08 bits per heavy atom. The van der Waals surface area contributed by atoms with Crippen molar-refractivity contribution in [1.29, 1.82) is 0 Å². The monoisotopic (exact) mass is 384 g/mol. The first-order chi connectivity index (χ1) is 11.9. The van der Waals surface area contributed by atoms with Crippen LogP contribution in [0.15, 0.2) is 33.9 Å². The number of aromatic nitrogens is 2. The van der Waals surface area contributed by atoms with Gasteiger partial charge in [-0.15, -0.1) is 10.2 Å². The molecule has 0 spiro atoms. The number of rotatable bonds is 6. The number of benzene rings is 1. The van der Waals surface area contributed by atoms with Gasteiger partial charge in [-0.05, 0) is 30.7 Å². The topological polar surface area (TPSA) is 109 Å². The molecule has 1 saturated heterocycles. The van der Waals surface area contributed by atoms with Crippen LogP contribution in [-0.2, 0) is 19.4 Å². The van der Waals surface area contributed by atoms with Gasteiger partial charge in [-0.3, -0.25) is 4.79 Å². The summed E-state index contributed by atoms with van der Waals surface area (Å²) in [6.07, 6.45) is -0.211. The number of ether oxygens (including phenoxy) is 2. The highest BCUT2D eigenvalue weighted by atomic mass is 32.2. The van der Waals surface area contributed by atoms with E-state index >= 15 is 0 Å². The van der Waals surface area contributed by atoms with Crippen LogP contribution in [0.4, 0.5) is 0 Å². The number of hydrogen-bond acceptors (Lipinski definition) is 9. The molecule has 10 heteroatoms. The Morgan fingerprint density at radius 1 is 1.32 bits per heavy atom. The molecule has 134 valence electrons. The third-order valence-corrected chi connectivity index (χ3v) is 6.08. The van der Waals surface area contributed by atoms with Crippen LogP contribution in [-0.4, -0.2) is 55.1 Å². The number of carbonyl (C=O) groups is 1. The minimum atomic E-state index is -3.07. The Morgan fingerprint density at radius 3 is 2.72 bits per heavy atom. The molecule has 8 nitrogen and oxygen atoms in total. The molecule has 0 N–H and O–H groups in total. The largest absolute Gasteiger partial charge is 0.497 e. The van der Waals surface area contributed by atoms with Crippen LogP contribution in [0.2, 0.25) is 0 Å². The van der Waals surface area contributed by atoms with E-state index in [1.807, 2.05) is 0 Å². The first-order valence-corrected chi connectivity index (χ1v) is 10.3. The highest BCUT2D eigenvalue weighted by molar-refractivity contribution is 7.99. The molecule has 1 aromatic heterocycles. The Kier molecular flexibility index (Phi) is 5.28. The summed E-state index contributed by atoms with van der Waals surface area (Å²) >= 11 is 1.05. The van der Waals surface area contributed by atoms with Gasteiger partial charge in [-0.2, -0.15) is 0 Å². The smallest absolute Gasteiger partial charge is 0.316 e. The normalized spacial score (nSPS) is 18.8. The minimum Gasteiger partial charge on any atom is -0.497 e. The van der Waals surface area contributed by atoms with E-state index in [2.05, 4.69) is 10.2 Å². The number of carbonyl (C=O) groups excluding carboxylic acids is 1. The van der Waals surface area contributed by atoms with Crippen molar-refractivity contribution >= 4 is 27.6 Å². The van der Waals surface area contributed by atoms with Crippen molar-refractivity contribution in [3.63, 3.8) is 0 Å². The van der Waals surface area contributed by atoms with E-state index < -0.39 is 21.9 Å². The number of methoxy groups -OCH3 is 1. The number of hydrogen-bond donors (Lipinski definition) is 0. The summed E-state index contributed by atoms with van der Waals surface area (Å²) in [6.45, 7) is 0. The highest BCUT2D eigenvalue weighted by Crippen LogP contribution is 2.25. The fourth-order valence-corrected chi connectivity index (χ4v) is 4.45. The fraction of sp³-hybridized carbons (Fsp3) is 0.400. The summed E-state index contributed by atoms with van der Waals surface area (Å²) in [4.78, 5) is 11.8. The Bertz CT molecular complexity index is 847. The highest BCUT2D eigenvalue weighted by Gasteiger charge is 2.30. The SMILES string of the molecule is COc1ccc(-c2nnc(SCC(=O)O[C@@H]3CCS(=O)(=O)C3)o2)cc1. The minimum absolute atomic E-state index is 0.0270. The van der Waals surface area contributed by atoms with Crippen LogP contribution in [0.1, 0.15) is 6.42 Å². The second-order valence-corrected chi connectivity index (χ2v) is 8.56. The maximum absolute atomic E-state index is 11.8. The van der Waals surface area contributed by atoms with Crippen LogP contribution in [0.3, 0.4) is 0 Å². The maximum atomic E-state index is 11.8. The van der Waals surface area contributed by atoms with E-state index in [4.69, 9.17) is 13.9 Å². The molecule has 0 amide bonds. The average Bonchev–Trinajstić information content (AvgIpc) is 3.19. The Labute approximate surface area is 148 Å². The molecule has 1 atom stereocenters. The summed E-state index contributed by atoms with van der Waals surface area (Å²) in [5.74, 6) is 0.477. The quantitative estimate of drug-likeness (QED) is 0.541. The molecule has 3 rings (SSSR count). The molecular weight excluding hydrogens is 368 g/mol. The molecule has 1 aliphatic rings. The summed E-state index contributed by atoms with van der Waals surface area (Å²) in [5, 5.41) is 8.04. The van der Waals surface area contributed by atoms with Crippen molar-refractivity contribution in [2.45, 2.75) is 17.7 Å². The van der Waals surface area contributed by atoms with E-state index in [-0.39, 0.29) is 22.5 Å². The molecule has 1 fully saturated rings. The summed E-state index contributed by atoms with van der Waals surface area (Å²) in [6, 6.07) is 7.13. The van der Waals surface area contributed by atoms with E-state index in [1.165, 1.54) is 0 Å². The third kappa shape index (κ3) is 4.73. The van der Waals surface area contributed by atoms with Crippen molar-refractivity contribution < 1.29 is 27.1 Å². The predicted molar refractivity (Wildman–Crippen MR) is 90.2 cm³/mol. The van der Waals surface area contributed by atoms with Gasteiger partial charge < -0.3 is 13.9 Å². The molecule has 0 unspecified atom stereocenters. The van der Waals surface area contributed by atoms with Crippen molar-refractivity contribution in [2.24, 2.45) is 0 Å². The average molecular weight is 384 g/mol. The molecule has 1 aliphatic heterocycles. The maximum Gasteiger partial charge on any atom is 0.316 e. The molecule has 1 aromatic carbocycles. The lowest BCUT2D eigenvalue weighted by molar-refractivity contribution is -0.144. The molecule has 2 heterocycles. The van der Waals surface area contributed by atoms with Crippen LogP contribution in [0.5, 0.6) is 5.75 Å². The lowest BCUT2D eigenvalue weighted by atomic mass is 10.2. The van der Waals surface area contributed by atoms with Gasteiger partial charge in [-0.25, -0.2) is 8.42 Å². The molecule has 25 heavy (non-hydrogen) atoms. The third-order valence-electron chi connectivity index (χ3n) is 3.55. The van der Waals surface area contributed by atoms with E-state index in [9.17, 15) is 13.2 Å². The molecule has 2 aromatic rings. The van der Waals surface area contributed by atoms with Gasteiger partial charge in [0.25, 0.3) is 5.22 Å². The van der Waals surface area contributed by atoms with Crippen LogP contribution < -0.4 is 4.74 Å². The van der Waals surface area contributed by atoms with Crippen LogP contribution in [0.25, 0.3) is 11.5 Å². The van der Waals surface area contributed by atoms with Crippen LogP contribution in [0, 0.1) is 0 Å². The standard InChI is InChI=1S/C15H16N2O6S2/c1-21-11-4-2-10(3-5-11)14-16-17-15(23-14)24-8-13(18)22-12-6-7-25(19,20)9-12/h2-5,12H,6-9H2,1H3/t12-/m1/s1. The predicted octanol–water partition coefficient (Wildman–Crippen LogP) is 1.57. The number of sulfone groups is 1. The van der Waals surface area contributed by atoms with Gasteiger partial charge in [0.15, 0.2) is 9.84 Å². The molecule has 0 aliphatic carbocycles. The van der Waals surface area contributed by atoms with E-state index in [1.54, 1.807) is 31.4 Å². The summed E-state index contributed by atoms with van der Waals surface area (Å²) in [5.41, 5.74) is 0.735. The first-order valence-electron chi connectivity index (χ1n) is 7.46. The molecule has 0 saturated carbocycles. The van der Waals surface area contributed by atoms with Crippen LogP contribution >= 0.6 is 11.8 Å². The zero-order valence-electron chi connectivity index (χ0n) is 13.4. The summed E-state index contributed by atoms with van der Waals surface area (Å²) < 4.78 is 38.4. The van der Waals surface area contributed by atoms with Gasteiger partial charge in [0, 0.05) is 5.56 Å². The summed E-state index contributed by atoms with van der Waals surface area (Å²) in [7, 11) is -1.49. The lowest BCUT2D eigenvalue weighted by Gasteiger charge is -2.08. The first kappa shape index (κ1) is 17.7. The van der Waals surface area contributed by atoms with Gasteiger partial charge >= 0.3 is 5.97 Å². The Balaban J connectivity index is 1.52. The lowest BCUT2D eigenvalue weighted by Crippen LogP contribution is -2.20. The molecular formula is C15H16N2O6S2. The molecule has 0 bridgehead atoms. The Hall–Kier alpha value is -2.07.